The molecular weight excluding hydrogens is 380 g/mol. The Balaban J connectivity index is 1.68. The topological polar surface area (TPSA) is 26.9 Å². The van der Waals surface area contributed by atoms with E-state index in [1.807, 2.05) is 11.5 Å². The minimum Gasteiger partial charge on any atom is -0.292 e. The molecule has 0 bridgehead atoms. The molecule has 1 heterocycles. The Labute approximate surface area is 190 Å². The first-order valence-electron chi connectivity index (χ1n) is 12.9. The Bertz CT molecular complexity index is 871. The molecule has 3 heteroatoms. The average Bonchev–Trinajstić information content (AvgIpc) is 2.99. The van der Waals surface area contributed by atoms with Gasteiger partial charge < -0.3 is 0 Å². The third-order valence-corrected chi connectivity index (χ3v) is 6.66. The van der Waals surface area contributed by atoms with Gasteiger partial charge in [0.15, 0.2) is 0 Å². The van der Waals surface area contributed by atoms with Gasteiger partial charge in [-0.3, -0.25) is 9.13 Å². The Morgan fingerprint density at radius 3 is 1.61 bits per heavy atom. The van der Waals surface area contributed by atoms with Crippen molar-refractivity contribution in [1.29, 1.82) is 0 Å². The van der Waals surface area contributed by atoms with E-state index in [4.69, 9.17) is 0 Å². The molecule has 3 nitrogen and oxygen atoms in total. The van der Waals surface area contributed by atoms with Crippen LogP contribution in [0.2, 0.25) is 0 Å². The van der Waals surface area contributed by atoms with E-state index in [1.54, 1.807) is 4.57 Å². The van der Waals surface area contributed by atoms with Gasteiger partial charge in [0.25, 0.3) is 0 Å². The minimum atomic E-state index is 0.0576. The summed E-state index contributed by atoms with van der Waals surface area (Å²) in [6.07, 6.45) is 18.9. The van der Waals surface area contributed by atoms with Gasteiger partial charge >= 0.3 is 5.69 Å². The third-order valence-electron chi connectivity index (χ3n) is 6.66. The first-order valence-corrected chi connectivity index (χ1v) is 12.9. The van der Waals surface area contributed by atoms with Gasteiger partial charge in [0.2, 0.25) is 0 Å². The lowest BCUT2D eigenvalue weighted by Gasteiger charge is -2.06. The highest BCUT2D eigenvalue weighted by molar-refractivity contribution is 5.81. The Morgan fingerprint density at radius 2 is 1.16 bits per heavy atom. The fraction of sp³-hybridized carbons (Fsp3) is 0.679. The molecule has 0 spiro atoms. The first-order chi connectivity index (χ1) is 15.0. The molecule has 0 atom stereocenters. The normalized spacial score (nSPS) is 11.5. The number of aromatic nitrogens is 2. The van der Waals surface area contributed by atoms with E-state index in [-0.39, 0.29) is 5.69 Å². The number of nitrogens with zero attached hydrogens (tertiary/aromatic N) is 2. The van der Waals surface area contributed by atoms with Crippen molar-refractivity contribution in [2.24, 2.45) is 0 Å². The number of imidazole rings is 1. The fourth-order valence-corrected chi connectivity index (χ4v) is 4.56. The second-order valence-electron chi connectivity index (χ2n) is 9.53. The maximum absolute atomic E-state index is 13.0. The maximum atomic E-state index is 13.0. The number of allylic oxidation sites excluding steroid dienone is 1. The van der Waals surface area contributed by atoms with E-state index in [2.05, 4.69) is 39.5 Å². The van der Waals surface area contributed by atoms with Gasteiger partial charge in [-0.25, -0.2) is 4.79 Å². The molecule has 0 radical (unpaired) electrons. The molecule has 0 saturated carbocycles. The van der Waals surface area contributed by atoms with Crippen molar-refractivity contribution in [3.63, 3.8) is 0 Å². The average molecular weight is 427 g/mol. The quantitative estimate of drug-likeness (QED) is 0.248. The number of hydrogen-bond acceptors (Lipinski definition) is 1. The first kappa shape index (κ1) is 25.5. The zero-order valence-corrected chi connectivity index (χ0v) is 20.8. The molecule has 2 aromatic rings. The van der Waals surface area contributed by atoms with E-state index in [0.29, 0.717) is 0 Å². The molecule has 174 valence electrons. The van der Waals surface area contributed by atoms with Crippen LogP contribution in [0.1, 0.15) is 115 Å². The molecular formula is C28H46N2O. The summed E-state index contributed by atoms with van der Waals surface area (Å²) in [5.41, 5.74) is 5.34. The summed E-state index contributed by atoms with van der Waals surface area (Å²) in [5, 5.41) is 0. The molecule has 0 amide bonds. The van der Waals surface area contributed by atoms with Crippen molar-refractivity contribution in [2.45, 2.75) is 124 Å². The van der Waals surface area contributed by atoms with E-state index >= 15 is 0 Å². The Kier molecular flexibility index (Phi) is 11.2. The van der Waals surface area contributed by atoms with Crippen molar-refractivity contribution >= 4 is 16.7 Å². The van der Waals surface area contributed by atoms with Crippen LogP contribution in [0.5, 0.6) is 0 Å². The van der Waals surface area contributed by atoms with Crippen LogP contribution in [0, 0.1) is 13.8 Å². The monoisotopic (exact) mass is 426 g/mol. The third kappa shape index (κ3) is 7.70. The molecule has 0 fully saturated rings. The van der Waals surface area contributed by atoms with Crippen molar-refractivity contribution in [3.8, 4) is 0 Å². The van der Waals surface area contributed by atoms with Crippen molar-refractivity contribution in [1.82, 2.24) is 9.13 Å². The molecule has 0 aliphatic carbocycles. The van der Waals surface area contributed by atoms with Crippen LogP contribution in [-0.4, -0.2) is 9.13 Å². The highest BCUT2D eigenvalue weighted by atomic mass is 16.1. The Morgan fingerprint density at radius 1 is 0.742 bits per heavy atom. The van der Waals surface area contributed by atoms with Crippen molar-refractivity contribution in [2.75, 3.05) is 0 Å². The summed E-state index contributed by atoms with van der Waals surface area (Å²) >= 11 is 0. The molecule has 1 aromatic heterocycles. The predicted octanol–water partition coefficient (Wildman–Crippen LogP) is 8.39. The molecule has 2 rings (SSSR count). The smallest absolute Gasteiger partial charge is 0.292 e. The van der Waals surface area contributed by atoms with Gasteiger partial charge in [0, 0.05) is 12.2 Å². The lowest BCUT2D eigenvalue weighted by Crippen LogP contribution is -2.23. The number of fused-ring (bicyclic) bond motifs is 1. The second-order valence-corrected chi connectivity index (χ2v) is 9.53. The summed E-state index contributed by atoms with van der Waals surface area (Å²) < 4.78 is 3.72. The van der Waals surface area contributed by atoms with Gasteiger partial charge in [-0.2, -0.15) is 0 Å². The zero-order valence-electron chi connectivity index (χ0n) is 20.8. The lowest BCUT2D eigenvalue weighted by atomic mass is 10.0. The minimum absolute atomic E-state index is 0.0576. The van der Waals surface area contributed by atoms with Gasteiger partial charge in [-0.15, -0.1) is 0 Å². The fourth-order valence-electron chi connectivity index (χ4n) is 4.56. The highest BCUT2D eigenvalue weighted by Crippen LogP contribution is 2.21. The second kappa shape index (κ2) is 13.6. The highest BCUT2D eigenvalue weighted by Gasteiger charge is 2.14. The predicted molar refractivity (Wildman–Crippen MR) is 137 cm³/mol. The molecule has 1 aromatic carbocycles. The zero-order chi connectivity index (χ0) is 22.6. The molecule has 0 saturated heterocycles. The summed E-state index contributed by atoms with van der Waals surface area (Å²) in [6.45, 7) is 13.2. The molecule has 31 heavy (non-hydrogen) atoms. The largest absolute Gasteiger partial charge is 0.333 e. The summed E-state index contributed by atoms with van der Waals surface area (Å²) in [6, 6.07) is 4.29. The molecule has 0 N–H and O–H groups in total. The lowest BCUT2D eigenvalue weighted by molar-refractivity contribution is 0.523. The maximum Gasteiger partial charge on any atom is 0.333 e. The van der Waals surface area contributed by atoms with Crippen LogP contribution in [0.15, 0.2) is 23.5 Å². The van der Waals surface area contributed by atoms with Gasteiger partial charge in [0.05, 0.1) is 11.0 Å². The van der Waals surface area contributed by atoms with Crippen LogP contribution in [0.3, 0.4) is 0 Å². The van der Waals surface area contributed by atoms with Crippen molar-refractivity contribution in [3.05, 3.63) is 40.3 Å². The van der Waals surface area contributed by atoms with Crippen LogP contribution in [0.25, 0.3) is 16.7 Å². The van der Waals surface area contributed by atoms with Crippen molar-refractivity contribution < 1.29 is 0 Å². The number of hydrogen-bond donors (Lipinski definition) is 0. The summed E-state index contributed by atoms with van der Waals surface area (Å²) in [5.74, 6) is 0. The number of rotatable bonds is 16. The molecule has 0 aliphatic heterocycles. The van der Waals surface area contributed by atoms with E-state index in [0.717, 1.165) is 29.7 Å². The van der Waals surface area contributed by atoms with Gasteiger partial charge in [0.1, 0.15) is 0 Å². The number of aryl methyl sites for hydroxylation is 3. The number of benzene rings is 1. The van der Waals surface area contributed by atoms with E-state index in [1.165, 1.54) is 94.6 Å². The number of unbranched alkanes of at least 4 members (excludes halogenated alkanes) is 13. The van der Waals surface area contributed by atoms with E-state index in [9.17, 15) is 4.79 Å². The SMILES string of the molecule is C=C(C)n1c(=O)n(CCCCCCCCCCCCCCCC)c2cc(C)c(C)cc21. The van der Waals surface area contributed by atoms with Crippen LogP contribution in [0.4, 0.5) is 0 Å². The van der Waals surface area contributed by atoms with Gasteiger partial charge in [-0.05, 0) is 50.5 Å². The standard InChI is InChI=1S/C28H46N2O/c1-6-7-8-9-10-11-12-13-14-15-16-17-18-19-20-29-26-21-24(4)25(5)22-27(26)30(23(2)3)28(29)31/h21-22H,2,6-20H2,1,3-5H3. The van der Waals surface area contributed by atoms with Crippen LogP contribution < -0.4 is 5.69 Å². The molecule has 0 unspecified atom stereocenters. The van der Waals surface area contributed by atoms with Crippen LogP contribution in [-0.2, 0) is 6.54 Å². The van der Waals surface area contributed by atoms with Gasteiger partial charge in [-0.1, -0.05) is 97.0 Å². The summed E-state index contributed by atoms with van der Waals surface area (Å²) in [7, 11) is 0. The Hall–Kier alpha value is -1.77. The van der Waals surface area contributed by atoms with Crippen LogP contribution >= 0.6 is 0 Å². The van der Waals surface area contributed by atoms with E-state index < -0.39 is 0 Å². The summed E-state index contributed by atoms with van der Waals surface area (Å²) in [4.78, 5) is 13.0. The molecule has 0 aliphatic rings.